The number of hydrogen-bond acceptors (Lipinski definition) is 8. The third kappa shape index (κ3) is 7.05. The van der Waals surface area contributed by atoms with Crippen molar-refractivity contribution in [3.05, 3.63) is 97.1 Å². The van der Waals surface area contributed by atoms with Crippen molar-refractivity contribution in [2.45, 2.75) is 22.8 Å². The van der Waals surface area contributed by atoms with E-state index in [0.29, 0.717) is 30.3 Å². The van der Waals surface area contributed by atoms with Gasteiger partial charge in [0.2, 0.25) is 20.0 Å². The van der Waals surface area contributed by atoms with Crippen LogP contribution >= 0.6 is 0 Å². The second-order valence-electron chi connectivity index (χ2n) is 9.09. The van der Waals surface area contributed by atoms with E-state index >= 15 is 0 Å². The van der Waals surface area contributed by atoms with E-state index in [-0.39, 0.29) is 22.9 Å². The molecule has 1 amide bonds. The molecular weight excluding hydrogens is 580 g/mol. The summed E-state index contributed by atoms with van der Waals surface area (Å²) in [6.07, 6.45) is 2.98. The molecule has 222 valence electrons. The molecule has 0 aromatic heterocycles. The van der Waals surface area contributed by atoms with Gasteiger partial charge in [-0.25, -0.2) is 22.3 Å². The summed E-state index contributed by atoms with van der Waals surface area (Å²) in [5.41, 5.74) is 2.96. The minimum Gasteiger partial charge on any atom is -0.490 e. The van der Waals surface area contributed by atoms with Crippen LogP contribution in [0.4, 0.5) is 0 Å². The summed E-state index contributed by atoms with van der Waals surface area (Å²) in [6, 6.07) is 19.2. The predicted molar refractivity (Wildman–Crippen MR) is 158 cm³/mol. The number of carbonyl (C=O) groups excluding carboxylic acids is 1. The van der Waals surface area contributed by atoms with Gasteiger partial charge >= 0.3 is 0 Å². The topological polar surface area (TPSA) is 135 Å². The molecule has 1 aliphatic heterocycles. The molecule has 1 saturated heterocycles. The van der Waals surface area contributed by atoms with E-state index in [9.17, 15) is 21.6 Å². The molecule has 1 N–H and O–H groups in total. The normalized spacial score (nSPS) is 16.6. The number of benzene rings is 3. The minimum absolute atomic E-state index is 0.00659. The molecular formula is C29H32N4O7S2. The molecule has 0 bridgehead atoms. The SMILES string of the molecule is C=CCOc1ccc(/C=N\NC(=O)[C@@H]2CN(S(=O)(=O)c3ccccc3)CCN2S(=O)(=O)c2ccccc2)cc1OCC. The predicted octanol–water partition coefficient (Wildman–Crippen LogP) is 2.86. The highest BCUT2D eigenvalue weighted by Gasteiger charge is 2.43. The Labute approximate surface area is 246 Å². The van der Waals surface area contributed by atoms with Crippen LogP contribution in [0.25, 0.3) is 0 Å². The maximum absolute atomic E-state index is 13.5. The van der Waals surface area contributed by atoms with Crippen molar-refractivity contribution in [2.24, 2.45) is 5.10 Å². The van der Waals surface area contributed by atoms with E-state index in [4.69, 9.17) is 9.47 Å². The van der Waals surface area contributed by atoms with Crippen LogP contribution in [-0.4, -0.2) is 76.5 Å². The fourth-order valence-corrected chi connectivity index (χ4v) is 7.37. The lowest BCUT2D eigenvalue weighted by Gasteiger charge is -2.38. The van der Waals surface area contributed by atoms with Crippen molar-refractivity contribution in [2.75, 3.05) is 32.8 Å². The zero-order valence-electron chi connectivity index (χ0n) is 23.0. The van der Waals surface area contributed by atoms with E-state index in [1.807, 2.05) is 6.92 Å². The smallest absolute Gasteiger partial charge is 0.259 e. The Bertz CT molecular complexity index is 1630. The maximum atomic E-state index is 13.5. The van der Waals surface area contributed by atoms with Gasteiger partial charge in [-0.1, -0.05) is 49.1 Å². The highest BCUT2D eigenvalue weighted by atomic mass is 32.2. The molecule has 3 aromatic rings. The molecule has 13 heteroatoms. The monoisotopic (exact) mass is 612 g/mol. The number of nitrogens with zero attached hydrogens (tertiary/aromatic N) is 3. The van der Waals surface area contributed by atoms with Crippen LogP contribution in [0.5, 0.6) is 11.5 Å². The molecule has 1 aliphatic rings. The molecule has 0 saturated carbocycles. The van der Waals surface area contributed by atoms with Gasteiger partial charge in [0.25, 0.3) is 5.91 Å². The fourth-order valence-electron chi connectivity index (χ4n) is 4.32. The van der Waals surface area contributed by atoms with E-state index < -0.39 is 38.5 Å². The minimum atomic E-state index is -4.13. The van der Waals surface area contributed by atoms with E-state index in [0.717, 1.165) is 8.61 Å². The largest absolute Gasteiger partial charge is 0.490 e. The van der Waals surface area contributed by atoms with Crippen LogP contribution in [0.3, 0.4) is 0 Å². The van der Waals surface area contributed by atoms with Gasteiger partial charge in [-0.05, 0) is 55.0 Å². The highest BCUT2D eigenvalue weighted by Crippen LogP contribution is 2.28. The molecule has 0 aliphatic carbocycles. The van der Waals surface area contributed by atoms with Crippen LogP contribution < -0.4 is 14.9 Å². The van der Waals surface area contributed by atoms with Crippen LogP contribution in [0, 0.1) is 0 Å². The summed E-state index contributed by atoms with van der Waals surface area (Å²) < 4.78 is 67.1. The van der Waals surface area contributed by atoms with Crippen molar-refractivity contribution >= 4 is 32.2 Å². The van der Waals surface area contributed by atoms with Crippen molar-refractivity contribution < 1.29 is 31.1 Å². The zero-order chi connectivity index (χ0) is 30.2. The Morgan fingerprint density at radius 2 is 1.57 bits per heavy atom. The molecule has 11 nitrogen and oxygen atoms in total. The molecule has 4 rings (SSSR count). The standard InChI is InChI=1S/C29H32N4O7S2/c1-3-19-40-27-16-15-23(20-28(27)39-4-2)21-30-31-29(34)26-22-32(41(35,36)24-11-7-5-8-12-24)17-18-33(26)42(37,38)25-13-9-6-10-14-25/h3,5-16,20-21,26H,1,4,17-19,22H2,2H3,(H,31,34)/b30-21-/t26-/m0/s1. The van der Waals surface area contributed by atoms with Gasteiger partial charge in [-0.15, -0.1) is 0 Å². The first kappa shape index (κ1) is 30.9. The van der Waals surface area contributed by atoms with Gasteiger partial charge < -0.3 is 9.47 Å². The third-order valence-electron chi connectivity index (χ3n) is 6.34. The lowest BCUT2D eigenvalue weighted by atomic mass is 10.2. The van der Waals surface area contributed by atoms with Gasteiger partial charge in [-0.2, -0.15) is 13.7 Å². The Balaban J connectivity index is 1.59. The average molecular weight is 613 g/mol. The number of hydrogen-bond donors (Lipinski definition) is 1. The van der Waals surface area contributed by atoms with E-state index in [1.54, 1.807) is 60.7 Å². The summed E-state index contributed by atoms with van der Waals surface area (Å²) in [5, 5.41) is 4.02. The third-order valence-corrected chi connectivity index (χ3v) is 10.1. The van der Waals surface area contributed by atoms with Crippen molar-refractivity contribution in [1.82, 2.24) is 14.0 Å². The van der Waals surface area contributed by atoms with Gasteiger partial charge in [-0.3, -0.25) is 4.79 Å². The molecule has 0 spiro atoms. The summed E-state index contributed by atoms with van der Waals surface area (Å²) in [7, 11) is -8.11. The second-order valence-corrected chi connectivity index (χ2v) is 12.9. The van der Waals surface area contributed by atoms with Gasteiger partial charge in [0.1, 0.15) is 12.6 Å². The average Bonchev–Trinajstić information content (AvgIpc) is 3.01. The molecule has 3 aromatic carbocycles. The van der Waals surface area contributed by atoms with E-state index in [2.05, 4.69) is 17.1 Å². The van der Waals surface area contributed by atoms with E-state index in [1.165, 1.54) is 30.5 Å². The summed E-state index contributed by atoms with van der Waals surface area (Å²) in [4.78, 5) is 13.5. The highest BCUT2D eigenvalue weighted by molar-refractivity contribution is 7.89. The summed E-state index contributed by atoms with van der Waals surface area (Å²) >= 11 is 0. The Hall–Kier alpha value is -4.04. The Kier molecular flexibility index (Phi) is 10.1. The Morgan fingerprint density at radius 1 is 0.929 bits per heavy atom. The summed E-state index contributed by atoms with van der Waals surface area (Å²) in [5.74, 6) is 0.208. The van der Waals surface area contributed by atoms with Crippen LogP contribution in [0.2, 0.25) is 0 Å². The number of sulfonamides is 2. The lowest BCUT2D eigenvalue weighted by Crippen LogP contribution is -2.60. The molecule has 1 fully saturated rings. The number of piperazine rings is 1. The molecule has 0 radical (unpaired) electrons. The number of nitrogens with one attached hydrogen (secondary N) is 1. The number of amides is 1. The zero-order valence-corrected chi connectivity index (χ0v) is 24.6. The first-order chi connectivity index (χ1) is 20.2. The van der Waals surface area contributed by atoms with Gasteiger partial charge in [0.15, 0.2) is 11.5 Å². The van der Waals surface area contributed by atoms with Gasteiger partial charge in [0.05, 0.1) is 22.6 Å². The first-order valence-corrected chi connectivity index (χ1v) is 16.0. The molecule has 42 heavy (non-hydrogen) atoms. The summed E-state index contributed by atoms with van der Waals surface area (Å²) in [6.45, 7) is 5.41. The fraction of sp³-hybridized carbons (Fsp3) is 0.241. The van der Waals surface area contributed by atoms with Gasteiger partial charge in [0, 0.05) is 19.6 Å². The quantitative estimate of drug-likeness (QED) is 0.189. The lowest BCUT2D eigenvalue weighted by molar-refractivity contribution is -0.125. The maximum Gasteiger partial charge on any atom is 0.259 e. The molecule has 0 unspecified atom stereocenters. The first-order valence-electron chi connectivity index (χ1n) is 13.1. The van der Waals surface area contributed by atoms with Crippen LogP contribution in [0.1, 0.15) is 12.5 Å². The molecule has 1 atom stereocenters. The number of ether oxygens (including phenoxy) is 2. The van der Waals surface area contributed by atoms with Crippen molar-refractivity contribution in [3.63, 3.8) is 0 Å². The molecule has 1 heterocycles. The van der Waals surface area contributed by atoms with Crippen LogP contribution in [0.15, 0.2) is 106 Å². The van der Waals surface area contributed by atoms with Crippen LogP contribution in [-0.2, 0) is 24.8 Å². The number of rotatable bonds is 12. The van der Waals surface area contributed by atoms with Crippen molar-refractivity contribution in [3.8, 4) is 11.5 Å². The number of carbonyl (C=O) groups is 1. The van der Waals surface area contributed by atoms with Crippen molar-refractivity contribution in [1.29, 1.82) is 0 Å². The second kappa shape index (κ2) is 13.7. The Morgan fingerprint density at radius 3 is 2.19 bits per heavy atom. The number of hydrazone groups is 1.